The summed E-state index contributed by atoms with van der Waals surface area (Å²) in [5.41, 5.74) is -0.790. The first-order valence-electron chi connectivity index (χ1n) is 11.5. The Hall–Kier alpha value is -1.95. The summed E-state index contributed by atoms with van der Waals surface area (Å²) in [5.74, 6) is 0.706. The second-order valence-electron chi connectivity index (χ2n) is 9.90. The molecular formula is C24H31FN2O3. The normalized spacial score (nSPS) is 37.7. The lowest BCUT2D eigenvalue weighted by atomic mass is 9.83. The fraction of sp³-hybridized carbons (Fsp3) is 0.667. The van der Waals surface area contributed by atoms with E-state index in [1.807, 2.05) is 0 Å². The van der Waals surface area contributed by atoms with Gasteiger partial charge in [0.25, 0.3) is 5.91 Å². The molecule has 4 atom stereocenters. The zero-order valence-corrected chi connectivity index (χ0v) is 17.6. The second-order valence-corrected chi connectivity index (χ2v) is 9.90. The van der Waals surface area contributed by atoms with Gasteiger partial charge in [0.1, 0.15) is 17.6 Å². The van der Waals surface area contributed by atoms with Crippen molar-refractivity contribution in [2.24, 2.45) is 17.8 Å². The van der Waals surface area contributed by atoms with Gasteiger partial charge in [-0.05, 0) is 74.8 Å². The topological polar surface area (TPSA) is 58.6 Å². The first-order chi connectivity index (χ1) is 14.5. The summed E-state index contributed by atoms with van der Waals surface area (Å²) in [4.78, 5) is 28.4. The lowest BCUT2D eigenvalue weighted by Gasteiger charge is -2.43. The Bertz CT molecular complexity index is 835. The number of hydrogen-bond acceptors (Lipinski definition) is 3. The summed E-state index contributed by atoms with van der Waals surface area (Å²) >= 11 is 0. The molecule has 0 radical (unpaired) electrons. The van der Waals surface area contributed by atoms with E-state index >= 15 is 0 Å². The van der Waals surface area contributed by atoms with Gasteiger partial charge in [-0.3, -0.25) is 14.5 Å². The second kappa shape index (κ2) is 7.63. The Morgan fingerprint density at radius 2 is 1.90 bits per heavy atom. The maximum atomic E-state index is 14.5. The number of halogens is 1. The molecule has 1 aromatic rings. The molecule has 4 aliphatic rings. The number of rotatable bonds is 3. The number of hydrogen-bond donors (Lipinski definition) is 1. The van der Waals surface area contributed by atoms with E-state index in [1.54, 1.807) is 17.0 Å². The molecule has 1 saturated heterocycles. The van der Waals surface area contributed by atoms with Gasteiger partial charge in [-0.25, -0.2) is 4.39 Å². The molecule has 0 unspecified atom stereocenters. The minimum Gasteiger partial charge on any atom is -0.353 e. The smallest absolute Gasteiger partial charge is 0.259 e. The van der Waals surface area contributed by atoms with Crippen molar-refractivity contribution in [1.82, 2.24) is 10.2 Å². The van der Waals surface area contributed by atoms with Crippen LogP contribution in [0.15, 0.2) is 24.3 Å². The molecule has 162 valence electrons. The molecule has 5 rings (SSSR count). The summed E-state index contributed by atoms with van der Waals surface area (Å²) in [7, 11) is 0. The predicted molar refractivity (Wildman–Crippen MR) is 110 cm³/mol. The van der Waals surface area contributed by atoms with Crippen molar-refractivity contribution in [3.05, 3.63) is 35.6 Å². The highest BCUT2D eigenvalue weighted by Gasteiger charge is 2.54. The van der Waals surface area contributed by atoms with Crippen LogP contribution in [-0.4, -0.2) is 41.1 Å². The molecular weight excluding hydrogens is 383 g/mol. The van der Waals surface area contributed by atoms with Gasteiger partial charge < -0.3 is 10.1 Å². The summed E-state index contributed by atoms with van der Waals surface area (Å²) < 4.78 is 20.7. The van der Waals surface area contributed by atoms with Crippen molar-refractivity contribution in [2.45, 2.75) is 76.1 Å². The Morgan fingerprint density at radius 3 is 2.57 bits per heavy atom. The van der Waals surface area contributed by atoms with Gasteiger partial charge in [-0.1, -0.05) is 25.5 Å². The third-order valence-electron chi connectivity index (χ3n) is 8.01. The summed E-state index contributed by atoms with van der Waals surface area (Å²) in [5, 5.41) is 3.23. The molecule has 1 aliphatic heterocycles. The zero-order chi connectivity index (χ0) is 20.9. The van der Waals surface area contributed by atoms with E-state index in [-0.39, 0.29) is 24.1 Å². The monoisotopic (exact) mass is 414 g/mol. The number of amides is 2. The van der Waals surface area contributed by atoms with Crippen LogP contribution in [0.1, 0.15) is 68.6 Å². The highest BCUT2D eigenvalue weighted by molar-refractivity contribution is 5.98. The van der Waals surface area contributed by atoms with Crippen LogP contribution >= 0.6 is 0 Å². The van der Waals surface area contributed by atoms with Gasteiger partial charge in [0.2, 0.25) is 5.91 Å². The van der Waals surface area contributed by atoms with Crippen LogP contribution in [-0.2, 0) is 9.53 Å². The van der Waals surface area contributed by atoms with E-state index in [0.29, 0.717) is 24.7 Å². The van der Waals surface area contributed by atoms with Crippen LogP contribution in [0.25, 0.3) is 0 Å². The van der Waals surface area contributed by atoms with Crippen LogP contribution in [0.4, 0.5) is 4.39 Å². The van der Waals surface area contributed by atoms with E-state index < -0.39 is 23.5 Å². The fourth-order valence-electron chi connectivity index (χ4n) is 6.24. The highest BCUT2D eigenvalue weighted by atomic mass is 19.1. The molecule has 3 saturated carbocycles. The minimum atomic E-state index is -0.803. The van der Waals surface area contributed by atoms with Gasteiger partial charge in [0.15, 0.2) is 0 Å². The van der Waals surface area contributed by atoms with E-state index in [2.05, 4.69) is 12.2 Å². The summed E-state index contributed by atoms with van der Waals surface area (Å²) in [6, 6.07) is 5.52. The van der Waals surface area contributed by atoms with Gasteiger partial charge in [-0.2, -0.15) is 0 Å². The standard InChI is InChI=1S/C24H31FN2O3/c1-15-8-10-24(11-9-15)27(23(29)18-4-2-3-5-19(18)25)21(14-30-24)22(28)26-20-13-16-6-7-17(20)12-16/h2-5,15-17,20-21H,6-14H2,1H3,(H,26,28)/t15?,16-,17-,20+,21-,24?/m0/s1. The molecule has 30 heavy (non-hydrogen) atoms. The summed E-state index contributed by atoms with van der Waals surface area (Å²) in [6.07, 6.45) is 7.92. The predicted octanol–water partition coefficient (Wildman–Crippen LogP) is 3.88. The van der Waals surface area contributed by atoms with Crippen molar-refractivity contribution in [3.8, 4) is 0 Å². The number of fused-ring (bicyclic) bond motifs is 2. The van der Waals surface area contributed by atoms with Crippen molar-refractivity contribution in [1.29, 1.82) is 0 Å². The summed E-state index contributed by atoms with van der Waals surface area (Å²) in [6.45, 7) is 2.38. The van der Waals surface area contributed by atoms with Gasteiger partial charge in [0, 0.05) is 6.04 Å². The third-order valence-corrected chi connectivity index (χ3v) is 8.01. The number of benzene rings is 1. The highest BCUT2D eigenvalue weighted by Crippen LogP contribution is 2.46. The number of nitrogens with one attached hydrogen (secondary N) is 1. The fourth-order valence-corrected chi connectivity index (χ4v) is 6.24. The lowest BCUT2D eigenvalue weighted by Crippen LogP contribution is -2.58. The number of nitrogens with zero attached hydrogens (tertiary/aromatic N) is 1. The Labute approximate surface area is 177 Å². The van der Waals surface area contributed by atoms with Gasteiger partial charge in [-0.15, -0.1) is 0 Å². The first-order valence-corrected chi connectivity index (χ1v) is 11.5. The molecule has 4 fully saturated rings. The molecule has 1 aromatic carbocycles. The number of carbonyl (C=O) groups is 2. The van der Waals surface area contributed by atoms with E-state index in [4.69, 9.17) is 4.74 Å². The van der Waals surface area contributed by atoms with Crippen molar-refractivity contribution in [3.63, 3.8) is 0 Å². The molecule has 1 heterocycles. The molecule has 1 N–H and O–H groups in total. The molecule has 2 bridgehead atoms. The van der Waals surface area contributed by atoms with Crippen molar-refractivity contribution >= 4 is 11.8 Å². The largest absolute Gasteiger partial charge is 0.353 e. The number of carbonyl (C=O) groups excluding carboxylic acids is 2. The minimum absolute atomic E-state index is 0.0127. The molecule has 1 spiro atoms. The van der Waals surface area contributed by atoms with Gasteiger partial charge >= 0.3 is 0 Å². The lowest BCUT2D eigenvalue weighted by molar-refractivity contribution is -0.128. The van der Waals surface area contributed by atoms with Crippen molar-refractivity contribution in [2.75, 3.05) is 6.61 Å². The first kappa shape index (κ1) is 20.0. The molecule has 3 aliphatic carbocycles. The zero-order valence-electron chi connectivity index (χ0n) is 17.6. The Balaban J connectivity index is 1.41. The quantitative estimate of drug-likeness (QED) is 0.817. The molecule has 2 amide bonds. The maximum Gasteiger partial charge on any atom is 0.259 e. The van der Waals surface area contributed by atoms with E-state index in [9.17, 15) is 14.0 Å². The van der Waals surface area contributed by atoms with Gasteiger partial charge in [0.05, 0.1) is 12.2 Å². The average molecular weight is 415 g/mol. The average Bonchev–Trinajstić information content (AvgIpc) is 3.45. The van der Waals surface area contributed by atoms with Crippen LogP contribution in [0.2, 0.25) is 0 Å². The van der Waals surface area contributed by atoms with Crippen LogP contribution < -0.4 is 5.32 Å². The van der Waals surface area contributed by atoms with E-state index in [1.165, 1.54) is 31.4 Å². The number of ether oxygens (including phenoxy) is 1. The Morgan fingerprint density at radius 1 is 1.13 bits per heavy atom. The van der Waals surface area contributed by atoms with Crippen LogP contribution in [0, 0.1) is 23.6 Å². The van der Waals surface area contributed by atoms with Crippen molar-refractivity contribution < 1.29 is 18.7 Å². The van der Waals surface area contributed by atoms with Crippen LogP contribution in [0.5, 0.6) is 0 Å². The van der Waals surface area contributed by atoms with Crippen LogP contribution in [0.3, 0.4) is 0 Å². The SMILES string of the molecule is CC1CCC2(CC1)OC[C@@H](C(=O)N[C@@H]1C[C@H]3CC[C@H]1C3)N2C(=O)c1ccccc1F. The third kappa shape index (κ3) is 3.33. The molecule has 0 aromatic heterocycles. The van der Waals surface area contributed by atoms with E-state index in [0.717, 1.165) is 25.2 Å². The Kier molecular flexibility index (Phi) is 5.08. The molecule has 6 heteroatoms. The molecule has 5 nitrogen and oxygen atoms in total. The maximum absolute atomic E-state index is 14.5.